The third-order valence-electron chi connectivity index (χ3n) is 2.04. The Morgan fingerprint density at radius 1 is 1.67 bits per heavy atom. The van der Waals surface area contributed by atoms with E-state index in [1.807, 2.05) is 0 Å². The van der Waals surface area contributed by atoms with Gasteiger partial charge in [0.2, 0.25) is 0 Å². The van der Waals surface area contributed by atoms with Gasteiger partial charge in [0, 0.05) is 13.2 Å². The minimum atomic E-state index is 0.382. The van der Waals surface area contributed by atoms with Gasteiger partial charge in [-0.05, 0) is 26.3 Å². The van der Waals surface area contributed by atoms with Gasteiger partial charge in [-0.1, -0.05) is 0 Å². The monoisotopic (exact) mass is 129 g/mol. The maximum Gasteiger partial charge on any atom is 0.0696 e. The van der Waals surface area contributed by atoms with E-state index in [-0.39, 0.29) is 0 Å². The van der Waals surface area contributed by atoms with E-state index < -0.39 is 0 Å². The minimum absolute atomic E-state index is 0.382. The van der Waals surface area contributed by atoms with E-state index in [1.165, 1.54) is 19.4 Å². The van der Waals surface area contributed by atoms with Crippen LogP contribution in [0.1, 0.15) is 19.8 Å². The van der Waals surface area contributed by atoms with Crippen LogP contribution in [0.2, 0.25) is 0 Å². The lowest BCUT2D eigenvalue weighted by molar-refractivity contribution is 0.0894. The predicted molar refractivity (Wildman–Crippen MR) is 37.5 cm³/mol. The molecule has 1 saturated heterocycles. The Kier molecular flexibility index (Phi) is 2.49. The third kappa shape index (κ3) is 1.66. The molecule has 2 nitrogen and oxygen atoms in total. The molecule has 0 aliphatic carbocycles. The summed E-state index contributed by atoms with van der Waals surface area (Å²) in [4.78, 5) is 0. The van der Waals surface area contributed by atoms with E-state index in [0.29, 0.717) is 12.1 Å². The Morgan fingerprint density at radius 3 is 2.89 bits per heavy atom. The van der Waals surface area contributed by atoms with Crippen molar-refractivity contribution in [3.63, 3.8) is 0 Å². The number of methoxy groups -OCH3 is 1. The number of nitrogens with one attached hydrogen (secondary N) is 1. The van der Waals surface area contributed by atoms with Crippen LogP contribution in [0, 0.1) is 0 Å². The molecule has 1 aliphatic rings. The highest BCUT2D eigenvalue weighted by Crippen LogP contribution is 2.10. The highest BCUT2D eigenvalue weighted by molar-refractivity contribution is 4.78. The second-order valence-electron chi connectivity index (χ2n) is 2.64. The second kappa shape index (κ2) is 3.18. The van der Waals surface area contributed by atoms with Crippen LogP contribution in [0.3, 0.4) is 0 Å². The normalized spacial score (nSPS) is 30.7. The van der Waals surface area contributed by atoms with Crippen LogP contribution in [-0.2, 0) is 4.74 Å². The Morgan fingerprint density at radius 2 is 2.44 bits per heavy atom. The molecule has 1 aliphatic heterocycles. The van der Waals surface area contributed by atoms with Gasteiger partial charge in [-0.2, -0.15) is 0 Å². The molecule has 0 radical (unpaired) electrons. The molecule has 0 saturated carbocycles. The van der Waals surface area contributed by atoms with Crippen LogP contribution < -0.4 is 5.32 Å². The Balaban J connectivity index is 2.24. The zero-order valence-electron chi connectivity index (χ0n) is 6.18. The fraction of sp³-hybridized carbons (Fsp3) is 1.00. The quantitative estimate of drug-likeness (QED) is 0.594. The molecule has 1 rings (SSSR count). The first kappa shape index (κ1) is 7.03. The zero-order valence-corrected chi connectivity index (χ0v) is 6.18. The van der Waals surface area contributed by atoms with Gasteiger partial charge in [0.05, 0.1) is 6.10 Å². The van der Waals surface area contributed by atoms with Gasteiger partial charge in [0.15, 0.2) is 0 Å². The lowest BCUT2D eigenvalue weighted by atomic mass is 10.1. The van der Waals surface area contributed by atoms with E-state index in [4.69, 9.17) is 4.74 Å². The van der Waals surface area contributed by atoms with Crippen LogP contribution in [-0.4, -0.2) is 25.8 Å². The third-order valence-corrected chi connectivity index (χ3v) is 2.04. The summed E-state index contributed by atoms with van der Waals surface area (Å²) >= 11 is 0. The number of hydrogen-bond acceptors (Lipinski definition) is 2. The predicted octanol–water partition coefficient (Wildman–Crippen LogP) is 0.773. The van der Waals surface area contributed by atoms with E-state index in [0.717, 1.165) is 0 Å². The fourth-order valence-electron chi connectivity index (χ4n) is 1.28. The molecular weight excluding hydrogens is 114 g/mol. The molecular formula is C7H15NO. The Labute approximate surface area is 56.6 Å². The summed E-state index contributed by atoms with van der Waals surface area (Å²) in [5.41, 5.74) is 0. The van der Waals surface area contributed by atoms with Crippen LogP contribution in [0.4, 0.5) is 0 Å². The van der Waals surface area contributed by atoms with Crippen molar-refractivity contribution in [1.82, 2.24) is 5.32 Å². The highest BCUT2D eigenvalue weighted by Gasteiger charge is 2.19. The first-order valence-corrected chi connectivity index (χ1v) is 3.61. The van der Waals surface area contributed by atoms with Crippen molar-refractivity contribution in [3.05, 3.63) is 0 Å². The van der Waals surface area contributed by atoms with Crippen molar-refractivity contribution in [1.29, 1.82) is 0 Å². The minimum Gasteiger partial charge on any atom is -0.380 e. The summed E-state index contributed by atoms with van der Waals surface area (Å²) < 4.78 is 5.17. The summed E-state index contributed by atoms with van der Waals surface area (Å²) in [5.74, 6) is 0. The van der Waals surface area contributed by atoms with Gasteiger partial charge < -0.3 is 10.1 Å². The van der Waals surface area contributed by atoms with Gasteiger partial charge in [-0.3, -0.25) is 0 Å². The van der Waals surface area contributed by atoms with Crippen molar-refractivity contribution in [2.45, 2.75) is 31.9 Å². The fourth-order valence-corrected chi connectivity index (χ4v) is 1.28. The average molecular weight is 129 g/mol. The second-order valence-corrected chi connectivity index (χ2v) is 2.64. The number of hydrogen-bond donors (Lipinski definition) is 1. The lowest BCUT2D eigenvalue weighted by Crippen LogP contribution is -2.33. The van der Waals surface area contributed by atoms with Crippen molar-refractivity contribution in [2.75, 3.05) is 13.7 Å². The largest absolute Gasteiger partial charge is 0.380 e. The van der Waals surface area contributed by atoms with E-state index in [2.05, 4.69) is 12.2 Å². The molecule has 0 amide bonds. The van der Waals surface area contributed by atoms with Gasteiger partial charge in [0.1, 0.15) is 0 Å². The maximum absolute atomic E-state index is 5.17. The average Bonchev–Trinajstić information content (AvgIpc) is 2.37. The maximum atomic E-state index is 5.17. The molecule has 0 aromatic carbocycles. The first-order chi connectivity index (χ1) is 4.34. The van der Waals surface area contributed by atoms with Crippen molar-refractivity contribution >= 4 is 0 Å². The summed E-state index contributed by atoms with van der Waals surface area (Å²) in [6.07, 6.45) is 2.96. The molecule has 2 atom stereocenters. The molecule has 54 valence electrons. The molecule has 0 aromatic rings. The molecule has 2 heteroatoms. The van der Waals surface area contributed by atoms with Crippen LogP contribution in [0.5, 0.6) is 0 Å². The van der Waals surface area contributed by atoms with Gasteiger partial charge in [-0.15, -0.1) is 0 Å². The smallest absolute Gasteiger partial charge is 0.0696 e. The molecule has 0 aromatic heterocycles. The van der Waals surface area contributed by atoms with Crippen molar-refractivity contribution < 1.29 is 4.74 Å². The molecule has 1 heterocycles. The summed E-state index contributed by atoms with van der Waals surface area (Å²) in [7, 11) is 1.77. The highest BCUT2D eigenvalue weighted by atomic mass is 16.5. The Hall–Kier alpha value is -0.0800. The van der Waals surface area contributed by atoms with Gasteiger partial charge in [0.25, 0.3) is 0 Å². The standard InChI is InChI=1S/C7H15NO/c1-6(9-2)7-4-3-5-8-7/h6-8H,3-5H2,1-2H3/t6-,7-/m0/s1. The van der Waals surface area contributed by atoms with Gasteiger partial charge >= 0.3 is 0 Å². The van der Waals surface area contributed by atoms with E-state index in [9.17, 15) is 0 Å². The zero-order chi connectivity index (χ0) is 6.69. The molecule has 1 N–H and O–H groups in total. The molecule has 0 unspecified atom stereocenters. The SMILES string of the molecule is CO[C@@H](C)[C@@H]1CCCN1. The summed E-state index contributed by atoms with van der Waals surface area (Å²) in [6.45, 7) is 3.28. The van der Waals surface area contributed by atoms with E-state index >= 15 is 0 Å². The van der Waals surface area contributed by atoms with Crippen LogP contribution >= 0.6 is 0 Å². The Bertz CT molecular complexity index is 79.0. The molecule has 9 heavy (non-hydrogen) atoms. The van der Waals surface area contributed by atoms with Gasteiger partial charge in [-0.25, -0.2) is 0 Å². The summed E-state index contributed by atoms with van der Waals surface area (Å²) in [6, 6.07) is 0.606. The molecule has 1 fully saturated rings. The number of rotatable bonds is 2. The lowest BCUT2D eigenvalue weighted by Gasteiger charge is -2.16. The first-order valence-electron chi connectivity index (χ1n) is 3.61. The van der Waals surface area contributed by atoms with Crippen LogP contribution in [0.15, 0.2) is 0 Å². The van der Waals surface area contributed by atoms with Crippen molar-refractivity contribution in [2.24, 2.45) is 0 Å². The van der Waals surface area contributed by atoms with Crippen molar-refractivity contribution in [3.8, 4) is 0 Å². The van der Waals surface area contributed by atoms with E-state index in [1.54, 1.807) is 7.11 Å². The topological polar surface area (TPSA) is 21.3 Å². The summed E-state index contributed by atoms with van der Waals surface area (Å²) in [5, 5.41) is 3.38. The number of ether oxygens (including phenoxy) is 1. The molecule has 0 bridgehead atoms. The molecule has 0 spiro atoms. The van der Waals surface area contributed by atoms with Crippen LogP contribution in [0.25, 0.3) is 0 Å².